The molecule has 0 aliphatic heterocycles. The van der Waals surface area contributed by atoms with E-state index in [1.807, 2.05) is 0 Å². The number of primary amides is 1. The molecule has 1 aliphatic carbocycles. The van der Waals surface area contributed by atoms with Gasteiger partial charge in [-0.1, -0.05) is 0 Å². The van der Waals surface area contributed by atoms with Crippen LogP contribution >= 0.6 is 0 Å². The molecule has 3 aromatic heterocycles. The molecule has 3 heterocycles. The van der Waals surface area contributed by atoms with Gasteiger partial charge in [0.15, 0.2) is 5.65 Å². The molecule has 0 aromatic carbocycles. The Morgan fingerprint density at radius 1 is 1.33 bits per heavy atom. The molecule has 160 valence electrons. The van der Waals surface area contributed by atoms with Gasteiger partial charge in [-0.05, 0) is 19.3 Å². The first kappa shape index (κ1) is 21.1. The second-order valence-corrected chi connectivity index (χ2v) is 6.59. The number of amides is 2. The lowest BCUT2D eigenvalue weighted by molar-refractivity contribution is 0.0412. The van der Waals surface area contributed by atoms with Crippen LogP contribution in [0.15, 0.2) is 29.0 Å². The molecular formula is C19H25N7O4. The molecule has 30 heavy (non-hydrogen) atoms. The number of carbonyl (C=O) groups is 2. The third kappa shape index (κ3) is 4.35. The van der Waals surface area contributed by atoms with Crippen LogP contribution in [0.2, 0.25) is 0 Å². The van der Waals surface area contributed by atoms with Crippen molar-refractivity contribution in [3.05, 3.63) is 35.9 Å². The van der Waals surface area contributed by atoms with Crippen LogP contribution in [0.3, 0.4) is 0 Å². The average Bonchev–Trinajstić information content (AvgIpc) is 3.33. The Balaban J connectivity index is 0.000000367. The zero-order chi connectivity index (χ0) is 21.7. The minimum absolute atomic E-state index is 0.119. The van der Waals surface area contributed by atoms with E-state index in [-0.39, 0.29) is 17.2 Å². The summed E-state index contributed by atoms with van der Waals surface area (Å²) in [5.74, 6) is 0.0841. The molecule has 0 bridgehead atoms. The number of fused-ring (bicyclic) bond motifs is 1. The number of anilines is 3. The van der Waals surface area contributed by atoms with Crippen LogP contribution < -0.4 is 21.7 Å². The highest BCUT2D eigenvalue weighted by molar-refractivity contribution is 5.99. The minimum atomic E-state index is -0.633. The van der Waals surface area contributed by atoms with Crippen molar-refractivity contribution in [2.24, 2.45) is 5.73 Å². The maximum absolute atomic E-state index is 11.8. The zero-order valence-electron chi connectivity index (χ0n) is 17.1. The van der Waals surface area contributed by atoms with Crippen LogP contribution in [-0.2, 0) is 4.74 Å². The standard InChI is InChI=1S/C14H15N7O3.C5H10O/c1-16-10-5-9(19-8-3-4-24-11(8)14(23)17-2)20-13-7(12(15)22)6-18-21(10)13;1-6-5-3-2-4-5/h3-6,16H,1-2H3,(H2,15,22)(H,17,23)(H,19,20);5H,2-4H2,1H3. The summed E-state index contributed by atoms with van der Waals surface area (Å²) in [5.41, 5.74) is 6.26. The van der Waals surface area contributed by atoms with Gasteiger partial charge in [0.05, 0.1) is 24.3 Å². The highest BCUT2D eigenvalue weighted by Crippen LogP contribution is 2.24. The molecule has 0 saturated heterocycles. The molecule has 11 heteroatoms. The van der Waals surface area contributed by atoms with Crippen LogP contribution in [0, 0.1) is 0 Å². The second kappa shape index (κ2) is 9.27. The van der Waals surface area contributed by atoms with Crippen LogP contribution in [0.1, 0.15) is 40.2 Å². The number of nitrogens with zero attached hydrogens (tertiary/aromatic N) is 3. The molecule has 1 aliphatic rings. The van der Waals surface area contributed by atoms with Gasteiger partial charge in [0.2, 0.25) is 5.76 Å². The number of carbonyl (C=O) groups excluding carboxylic acids is 2. The monoisotopic (exact) mass is 415 g/mol. The van der Waals surface area contributed by atoms with Crippen molar-refractivity contribution >= 4 is 34.8 Å². The fourth-order valence-corrected chi connectivity index (χ4v) is 2.82. The SMILES string of the molecule is CNC(=O)c1occc1Nc1cc(NC)n2ncc(C(N)=O)c2n1.COC1CCC1. The highest BCUT2D eigenvalue weighted by Gasteiger charge is 2.18. The van der Waals surface area contributed by atoms with E-state index in [0.717, 1.165) is 0 Å². The summed E-state index contributed by atoms with van der Waals surface area (Å²) in [6.45, 7) is 0. The Morgan fingerprint density at radius 2 is 2.10 bits per heavy atom. The molecule has 5 N–H and O–H groups in total. The van der Waals surface area contributed by atoms with E-state index < -0.39 is 5.91 Å². The maximum Gasteiger partial charge on any atom is 0.288 e. The number of methoxy groups -OCH3 is 1. The van der Waals surface area contributed by atoms with Gasteiger partial charge in [0.1, 0.15) is 17.2 Å². The Labute approximate surface area is 173 Å². The molecule has 0 atom stereocenters. The highest BCUT2D eigenvalue weighted by atomic mass is 16.5. The van der Waals surface area contributed by atoms with Crippen molar-refractivity contribution in [2.45, 2.75) is 25.4 Å². The summed E-state index contributed by atoms with van der Waals surface area (Å²) in [7, 11) is 4.99. The van der Waals surface area contributed by atoms with Crippen molar-refractivity contribution in [2.75, 3.05) is 31.8 Å². The van der Waals surface area contributed by atoms with Crippen LogP contribution in [-0.4, -0.2) is 53.7 Å². The fourth-order valence-electron chi connectivity index (χ4n) is 2.82. The maximum atomic E-state index is 11.8. The first-order chi connectivity index (χ1) is 14.5. The quantitative estimate of drug-likeness (QED) is 0.476. The molecule has 0 radical (unpaired) electrons. The largest absolute Gasteiger partial charge is 0.457 e. The Kier molecular flexibility index (Phi) is 6.52. The molecule has 3 aromatic rings. The predicted molar refractivity (Wildman–Crippen MR) is 111 cm³/mol. The van der Waals surface area contributed by atoms with Gasteiger partial charge in [0.25, 0.3) is 11.8 Å². The molecule has 4 rings (SSSR count). The van der Waals surface area contributed by atoms with Gasteiger partial charge in [-0.3, -0.25) is 9.59 Å². The Hall–Kier alpha value is -3.60. The number of rotatable bonds is 6. The van der Waals surface area contributed by atoms with E-state index >= 15 is 0 Å². The summed E-state index contributed by atoms with van der Waals surface area (Å²) >= 11 is 0. The Morgan fingerprint density at radius 3 is 2.63 bits per heavy atom. The molecule has 1 saturated carbocycles. The minimum Gasteiger partial charge on any atom is -0.457 e. The van der Waals surface area contributed by atoms with Crippen molar-refractivity contribution in [1.29, 1.82) is 0 Å². The van der Waals surface area contributed by atoms with E-state index in [4.69, 9.17) is 14.9 Å². The number of hydrogen-bond acceptors (Lipinski definition) is 8. The lowest BCUT2D eigenvalue weighted by atomic mass is 9.96. The molecule has 1 fully saturated rings. The van der Waals surface area contributed by atoms with E-state index in [1.54, 1.807) is 26.3 Å². The predicted octanol–water partition coefficient (Wildman–Crippen LogP) is 1.75. The fraction of sp³-hybridized carbons (Fsp3) is 0.368. The summed E-state index contributed by atoms with van der Waals surface area (Å²) in [6.07, 6.45) is 7.30. The summed E-state index contributed by atoms with van der Waals surface area (Å²) in [6, 6.07) is 3.27. The first-order valence-corrected chi connectivity index (χ1v) is 9.44. The summed E-state index contributed by atoms with van der Waals surface area (Å²) in [4.78, 5) is 27.6. The van der Waals surface area contributed by atoms with Gasteiger partial charge >= 0.3 is 0 Å². The van der Waals surface area contributed by atoms with Gasteiger partial charge in [-0.25, -0.2) is 4.98 Å². The van der Waals surface area contributed by atoms with Crippen LogP contribution in [0.5, 0.6) is 0 Å². The van der Waals surface area contributed by atoms with Crippen molar-refractivity contribution in [3.63, 3.8) is 0 Å². The topological polar surface area (TPSA) is 149 Å². The van der Waals surface area contributed by atoms with E-state index in [0.29, 0.717) is 29.1 Å². The second-order valence-electron chi connectivity index (χ2n) is 6.59. The third-order valence-corrected chi connectivity index (χ3v) is 4.74. The number of nitrogens with one attached hydrogen (secondary N) is 3. The van der Waals surface area contributed by atoms with Gasteiger partial charge in [-0.15, -0.1) is 0 Å². The van der Waals surface area contributed by atoms with E-state index in [9.17, 15) is 9.59 Å². The normalized spacial score (nSPS) is 13.2. The molecule has 11 nitrogen and oxygen atoms in total. The first-order valence-electron chi connectivity index (χ1n) is 9.44. The number of furan rings is 1. The number of nitrogens with two attached hydrogens (primary N) is 1. The van der Waals surface area contributed by atoms with Crippen LogP contribution in [0.4, 0.5) is 17.3 Å². The van der Waals surface area contributed by atoms with E-state index in [1.165, 1.54) is 43.3 Å². The number of aromatic nitrogens is 3. The number of ether oxygens (including phenoxy) is 1. The lowest BCUT2D eigenvalue weighted by Crippen LogP contribution is -2.18. The van der Waals surface area contributed by atoms with Crippen molar-refractivity contribution in [1.82, 2.24) is 19.9 Å². The van der Waals surface area contributed by atoms with Gasteiger partial charge in [0, 0.05) is 33.3 Å². The third-order valence-electron chi connectivity index (χ3n) is 4.74. The average molecular weight is 415 g/mol. The molecule has 0 unspecified atom stereocenters. The smallest absolute Gasteiger partial charge is 0.288 e. The van der Waals surface area contributed by atoms with E-state index in [2.05, 4.69) is 26.0 Å². The van der Waals surface area contributed by atoms with Crippen molar-refractivity contribution in [3.8, 4) is 0 Å². The van der Waals surface area contributed by atoms with Gasteiger partial charge < -0.3 is 30.8 Å². The molecular weight excluding hydrogens is 390 g/mol. The zero-order valence-corrected chi connectivity index (χ0v) is 17.1. The summed E-state index contributed by atoms with van der Waals surface area (Å²) < 4.78 is 11.6. The molecule has 2 amide bonds. The van der Waals surface area contributed by atoms with Crippen LogP contribution in [0.25, 0.3) is 5.65 Å². The number of hydrogen-bond donors (Lipinski definition) is 4. The lowest BCUT2D eigenvalue weighted by Gasteiger charge is -2.22. The summed E-state index contributed by atoms with van der Waals surface area (Å²) in [5, 5.41) is 12.5. The van der Waals surface area contributed by atoms with Gasteiger partial charge in [-0.2, -0.15) is 9.61 Å². The van der Waals surface area contributed by atoms with Crippen molar-refractivity contribution < 1.29 is 18.7 Å². The Bertz CT molecular complexity index is 1040. The molecule has 0 spiro atoms.